The number of nitrogens with zero attached hydrogens (tertiary/aromatic N) is 1. The summed E-state index contributed by atoms with van der Waals surface area (Å²) in [6.07, 6.45) is 3.43. The fourth-order valence-corrected chi connectivity index (χ4v) is 2.09. The Labute approximate surface area is 144 Å². The predicted molar refractivity (Wildman–Crippen MR) is 96.7 cm³/mol. The van der Waals surface area contributed by atoms with Crippen LogP contribution in [0.5, 0.6) is 5.75 Å². The molecule has 0 aliphatic carbocycles. The van der Waals surface area contributed by atoms with Crippen LogP contribution in [-0.2, 0) is 4.79 Å². The maximum Gasteiger partial charge on any atom is 0.277 e. The van der Waals surface area contributed by atoms with Crippen molar-refractivity contribution >= 4 is 34.1 Å². The van der Waals surface area contributed by atoms with E-state index in [2.05, 4.69) is 26.5 Å². The Kier molecular flexibility index (Phi) is 6.56. The minimum atomic E-state index is -0.318. The number of hydrogen-bond donors (Lipinski definition) is 1. The molecule has 0 atom stereocenters. The Bertz CT molecular complexity index is 695. The summed E-state index contributed by atoms with van der Waals surface area (Å²) in [5.74, 6) is 0.335. The molecule has 0 aromatic heterocycles. The van der Waals surface area contributed by atoms with E-state index in [0.717, 1.165) is 15.6 Å². The third-order valence-corrected chi connectivity index (χ3v) is 3.31. The summed E-state index contributed by atoms with van der Waals surface area (Å²) in [7, 11) is 0. The van der Waals surface area contributed by atoms with Crippen molar-refractivity contribution in [3.8, 4) is 5.75 Å². The smallest absolute Gasteiger partial charge is 0.277 e. The predicted octanol–water partition coefficient (Wildman–Crippen LogP) is 3.91. The number of allylic oxidation sites excluding steroid dienone is 1. The van der Waals surface area contributed by atoms with Gasteiger partial charge in [0.05, 0.1) is 6.21 Å². The van der Waals surface area contributed by atoms with Crippen molar-refractivity contribution in [2.45, 2.75) is 6.92 Å². The van der Waals surface area contributed by atoms with E-state index in [-0.39, 0.29) is 12.5 Å². The number of carbonyl (C=O) groups is 1. The highest BCUT2D eigenvalue weighted by atomic mass is 79.9. The van der Waals surface area contributed by atoms with E-state index in [0.29, 0.717) is 5.75 Å². The van der Waals surface area contributed by atoms with Crippen molar-refractivity contribution < 1.29 is 9.53 Å². The highest BCUT2D eigenvalue weighted by Crippen LogP contribution is 2.11. The van der Waals surface area contributed by atoms with Gasteiger partial charge in [-0.05, 0) is 46.6 Å². The zero-order chi connectivity index (χ0) is 16.5. The Hall–Kier alpha value is -2.40. The van der Waals surface area contributed by atoms with Crippen molar-refractivity contribution in [3.05, 3.63) is 70.2 Å². The van der Waals surface area contributed by atoms with Crippen molar-refractivity contribution in [1.82, 2.24) is 5.43 Å². The molecule has 0 saturated carbocycles. The molecular weight excluding hydrogens is 356 g/mol. The number of aryl methyl sites for hydroxylation is 1. The molecule has 1 amide bonds. The Morgan fingerprint density at radius 1 is 1.17 bits per heavy atom. The number of hydrazone groups is 1. The minimum absolute atomic E-state index is 0.0829. The summed E-state index contributed by atoms with van der Waals surface area (Å²) in [6.45, 7) is 1.91. The molecule has 2 aromatic rings. The second kappa shape index (κ2) is 8.90. The van der Waals surface area contributed by atoms with Gasteiger partial charge in [0.15, 0.2) is 6.61 Å². The molecule has 0 fully saturated rings. The molecule has 2 rings (SSSR count). The molecule has 0 saturated heterocycles. The Balaban J connectivity index is 1.77. The largest absolute Gasteiger partial charge is 0.484 e. The zero-order valence-corrected chi connectivity index (χ0v) is 14.3. The Morgan fingerprint density at radius 2 is 1.87 bits per heavy atom. The first-order valence-corrected chi connectivity index (χ1v) is 7.86. The molecule has 1 N–H and O–H groups in total. The maximum atomic E-state index is 11.6. The number of hydrogen-bond acceptors (Lipinski definition) is 3. The van der Waals surface area contributed by atoms with Gasteiger partial charge in [-0.3, -0.25) is 4.79 Å². The Morgan fingerprint density at radius 3 is 2.57 bits per heavy atom. The molecule has 118 valence electrons. The zero-order valence-electron chi connectivity index (χ0n) is 12.7. The van der Waals surface area contributed by atoms with Crippen LogP contribution in [0.1, 0.15) is 11.1 Å². The fourth-order valence-electron chi connectivity index (χ4n) is 1.73. The number of nitrogens with one attached hydrogen (secondary N) is 1. The standard InChI is InChI=1S/C18H17BrN2O2/c1-14-7-9-17(10-8-14)23-13-18(22)21-20-12-16(19)11-15-5-3-2-4-6-15/h2-12H,13H2,1H3,(H,21,22). The summed E-state index contributed by atoms with van der Waals surface area (Å²) in [5.41, 5.74) is 4.60. The van der Waals surface area contributed by atoms with Gasteiger partial charge >= 0.3 is 0 Å². The first-order valence-electron chi connectivity index (χ1n) is 7.07. The molecule has 23 heavy (non-hydrogen) atoms. The van der Waals surface area contributed by atoms with Crippen LogP contribution < -0.4 is 10.2 Å². The number of halogens is 1. The summed E-state index contributed by atoms with van der Waals surface area (Å²) in [4.78, 5) is 11.6. The van der Waals surface area contributed by atoms with Gasteiger partial charge < -0.3 is 4.74 Å². The molecule has 0 bridgehead atoms. The number of ether oxygens (including phenoxy) is 1. The first-order chi connectivity index (χ1) is 11.1. The van der Waals surface area contributed by atoms with Gasteiger partial charge in [-0.15, -0.1) is 0 Å². The molecule has 0 aliphatic heterocycles. The van der Waals surface area contributed by atoms with E-state index >= 15 is 0 Å². The molecule has 0 radical (unpaired) electrons. The van der Waals surface area contributed by atoms with Crippen LogP contribution in [0.25, 0.3) is 6.08 Å². The first kappa shape index (κ1) is 17.0. The molecule has 0 spiro atoms. The summed E-state index contributed by atoms with van der Waals surface area (Å²) in [6, 6.07) is 17.3. The van der Waals surface area contributed by atoms with Crippen LogP contribution in [-0.4, -0.2) is 18.7 Å². The minimum Gasteiger partial charge on any atom is -0.484 e. The number of rotatable bonds is 6. The van der Waals surface area contributed by atoms with E-state index in [9.17, 15) is 4.79 Å². The third kappa shape index (κ3) is 6.48. The van der Waals surface area contributed by atoms with Gasteiger partial charge in [-0.2, -0.15) is 5.10 Å². The van der Waals surface area contributed by atoms with Crippen LogP contribution >= 0.6 is 15.9 Å². The van der Waals surface area contributed by atoms with Gasteiger partial charge in [0.2, 0.25) is 0 Å². The number of carbonyl (C=O) groups excluding carboxylic acids is 1. The van der Waals surface area contributed by atoms with Crippen molar-refractivity contribution in [2.24, 2.45) is 5.10 Å². The van der Waals surface area contributed by atoms with Crippen LogP contribution in [0.2, 0.25) is 0 Å². The van der Waals surface area contributed by atoms with Crippen molar-refractivity contribution in [3.63, 3.8) is 0 Å². The maximum absolute atomic E-state index is 11.6. The SMILES string of the molecule is Cc1ccc(OCC(=O)NN=CC(Br)=Cc2ccccc2)cc1. The van der Waals surface area contributed by atoms with Crippen LogP contribution in [0.4, 0.5) is 0 Å². The van der Waals surface area contributed by atoms with E-state index in [1.54, 1.807) is 0 Å². The lowest BCUT2D eigenvalue weighted by Gasteiger charge is -2.04. The summed E-state index contributed by atoms with van der Waals surface area (Å²) < 4.78 is 6.12. The average molecular weight is 373 g/mol. The highest BCUT2D eigenvalue weighted by molar-refractivity contribution is 9.12. The lowest BCUT2D eigenvalue weighted by Crippen LogP contribution is -2.24. The highest BCUT2D eigenvalue weighted by Gasteiger charge is 2.01. The molecule has 4 nitrogen and oxygen atoms in total. The van der Waals surface area contributed by atoms with E-state index < -0.39 is 0 Å². The quantitative estimate of drug-likeness (QED) is 0.617. The van der Waals surface area contributed by atoms with Gasteiger partial charge in [-0.25, -0.2) is 5.43 Å². The van der Waals surface area contributed by atoms with Gasteiger partial charge in [-0.1, -0.05) is 48.0 Å². The van der Waals surface area contributed by atoms with Crippen LogP contribution in [0, 0.1) is 6.92 Å². The fraction of sp³-hybridized carbons (Fsp3) is 0.111. The lowest BCUT2D eigenvalue weighted by atomic mass is 10.2. The molecule has 5 heteroatoms. The van der Waals surface area contributed by atoms with E-state index in [4.69, 9.17) is 4.74 Å². The summed E-state index contributed by atoms with van der Waals surface area (Å²) >= 11 is 3.38. The molecule has 0 unspecified atom stereocenters. The molecule has 2 aromatic carbocycles. The molecule has 0 heterocycles. The number of amides is 1. The van der Waals surface area contributed by atoms with Gasteiger partial charge in [0.1, 0.15) is 5.75 Å². The van der Waals surface area contributed by atoms with Crippen LogP contribution in [0.3, 0.4) is 0 Å². The van der Waals surface area contributed by atoms with Crippen LogP contribution in [0.15, 0.2) is 64.2 Å². The second-order valence-corrected chi connectivity index (χ2v) is 5.75. The second-order valence-electron chi connectivity index (χ2n) is 4.83. The molecule has 0 aliphatic rings. The normalized spacial score (nSPS) is 11.5. The van der Waals surface area contributed by atoms with Gasteiger partial charge in [0.25, 0.3) is 5.91 Å². The van der Waals surface area contributed by atoms with E-state index in [1.165, 1.54) is 6.21 Å². The van der Waals surface area contributed by atoms with Crippen molar-refractivity contribution in [2.75, 3.05) is 6.61 Å². The topological polar surface area (TPSA) is 50.7 Å². The monoisotopic (exact) mass is 372 g/mol. The van der Waals surface area contributed by atoms with E-state index in [1.807, 2.05) is 67.6 Å². The molecular formula is C18H17BrN2O2. The van der Waals surface area contributed by atoms with Gasteiger partial charge in [0, 0.05) is 4.48 Å². The summed E-state index contributed by atoms with van der Waals surface area (Å²) in [5, 5.41) is 3.87. The lowest BCUT2D eigenvalue weighted by molar-refractivity contribution is -0.123. The average Bonchev–Trinajstić information content (AvgIpc) is 2.55. The number of benzene rings is 2. The van der Waals surface area contributed by atoms with Crippen molar-refractivity contribution in [1.29, 1.82) is 0 Å². The third-order valence-electron chi connectivity index (χ3n) is 2.87.